The second kappa shape index (κ2) is 11.3. The Morgan fingerprint density at radius 2 is 2.11 bits per heavy atom. The molecule has 7 atom stereocenters. The number of rotatable bonds is 11. The van der Waals surface area contributed by atoms with Crippen molar-refractivity contribution in [2.24, 2.45) is 11.8 Å². The summed E-state index contributed by atoms with van der Waals surface area (Å²) in [5, 5.41) is 10.6. The number of anilines is 1. The number of nitrogens with zero attached hydrogens (tertiary/aromatic N) is 2. The van der Waals surface area contributed by atoms with E-state index in [1.54, 1.807) is 36.4 Å². The summed E-state index contributed by atoms with van der Waals surface area (Å²) in [5.74, 6) is -3.11. The second-order valence-electron chi connectivity index (χ2n) is 9.59. The number of carbonyl (C=O) groups is 3. The predicted octanol–water partition coefficient (Wildman–Crippen LogP) is 3.50. The van der Waals surface area contributed by atoms with E-state index in [0.717, 1.165) is 0 Å². The molecule has 10 heteroatoms. The summed E-state index contributed by atoms with van der Waals surface area (Å²) >= 11 is 10.1. The molecule has 1 aromatic carbocycles. The maximum atomic E-state index is 14.4. The van der Waals surface area contributed by atoms with Crippen LogP contribution in [0.3, 0.4) is 0 Å². The molecule has 1 N–H and O–H groups in total. The summed E-state index contributed by atoms with van der Waals surface area (Å²) in [7, 11) is 0. The van der Waals surface area contributed by atoms with E-state index in [2.05, 4.69) is 29.1 Å². The molecule has 0 aromatic heterocycles. The largest absolute Gasteiger partial charge is 0.465 e. The van der Waals surface area contributed by atoms with Crippen molar-refractivity contribution < 1.29 is 29.0 Å². The molecule has 3 saturated heterocycles. The van der Waals surface area contributed by atoms with Gasteiger partial charge in [-0.1, -0.05) is 58.7 Å². The number of aliphatic hydroxyl groups excluding tert-OH is 1. The molecule has 2 amide bonds. The van der Waals surface area contributed by atoms with Crippen molar-refractivity contribution in [3.8, 4) is 0 Å². The molecular weight excluding hydrogens is 564 g/mol. The lowest BCUT2D eigenvalue weighted by molar-refractivity contribution is -0.155. The fourth-order valence-electron chi connectivity index (χ4n) is 6.02. The van der Waals surface area contributed by atoms with Gasteiger partial charge in [-0.3, -0.25) is 14.4 Å². The first-order chi connectivity index (χ1) is 17.8. The Labute approximate surface area is 230 Å². The number of hydrogen-bond acceptors (Lipinski definition) is 6. The first kappa shape index (κ1) is 27.8. The number of esters is 1. The monoisotopic (exact) mass is 594 g/mol. The molecule has 3 aliphatic rings. The van der Waals surface area contributed by atoms with Gasteiger partial charge in [0.15, 0.2) is 0 Å². The maximum absolute atomic E-state index is 14.4. The number of hydrogen-bond donors (Lipinski definition) is 1. The van der Waals surface area contributed by atoms with Gasteiger partial charge in [-0.25, -0.2) is 0 Å². The van der Waals surface area contributed by atoms with Crippen LogP contribution in [0, 0.1) is 11.8 Å². The molecule has 8 nitrogen and oxygen atoms in total. The van der Waals surface area contributed by atoms with E-state index < -0.39 is 47.5 Å². The Bertz CT molecular complexity index is 1080. The highest BCUT2D eigenvalue weighted by atomic mass is 79.9. The second-order valence-corrected chi connectivity index (χ2v) is 11.2. The third kappa shape index (κ3) is 4.54. The Balaban J connectivity index is 1.81. The zero-order valence-corrected chi connectivity index (χ0v) is 23.1. The number of aliphatic hydroxyl groups is 1. The SMILES string of the molecule is C=CCCOC(=O)[C@H]1[C@H]2C(=O)N([C@@H](CC)CO)C(C(=O)N(CC=C)c3ccccc3Cl)C23CC(Br)[C@@H]1O3. The first-order valence-electron chi connectivity index (χ1n) is 12.5. The number of fused-ring (bicyclic) bond motifs is 1. The molecule has 0 saturated carbocycles. The van der Waals surface area contributed by atoms with Crippen molar-refractivity contribution in [2.75, 3.05) is 24.7 Å². The Hall–Kier alpha value is -2.20. The molecular formula is C27H32BrClN2O6. The van der Waals surface area contributed by atoms with E-state index in [4.69, 9.17) is 21.1 Å². The highest BCUT2D eigenvalue weighted by Gasteiger charge is 2.77. The fourth-order valence-corrected chi connectivity index (χ4v) is 7.20. The lowest BCUT2D eigenvalue weighted by Crippen LogP contribution is -2.59. The van der Waals surface area contributed by atoms with Crippen LogP contribution in [0.1, 0.15) is 26.2 Å². The van der Waals surface area contributed by atoms with Crippen molar-refractivity contribution >= 4 is 51.0 Å². The van der Waals surface area contributed by atoms with Gasteiger partial charge in [0.1, 0.15) is 11.6 Å². The number of likely N-dealkylation sites (tertiary alicyclic amines) is 1. The molecule has 200 valence electrons. The average molecular weight is 596 g/mol. The standard InChI is InChI=1S/C27H32BrClN2O6/c1-4-7-13-36-26(35)20-21-24(33)31(16(6-3)15-32)23(27(21)14-17(28)22(20)37-27)25(34)30(12-5-2)19-11-9-8-10-18(19)29/h4-5,8-11,16-17,20-23,32H,1-2,6-7,12-15H2,3H3/t16-,17?,20-,21-,22-,23?,27?/m0/s1. The van der Waals surface area contributed by atoms with Gasteiger partial charge >= 0.3 is 5.97 Å². The zero-order valence-electron chi connectivity index (χ0n) is 20.7. The molecule has 3 fully saturated rings. The Kier molecular flexibility index (Phi) is 8.48. The van der Waals surface area contributed by atoms with Crippen molar-refractivity contribution in [1.29, 1.82) is 0 Å². The van der Waals surface area contributed by atoms with Gasteiger partial charge in [-0.2, -0.15) is 0 Å². The minimum Gasteiger partial charge on any atom is -0.465 e. The van der Waals surface area contributed by atoms with E-state index in [0.29, 0.717) is 30.0 Å². The lowest BCUT2D eigenvalue weighted by atomic mass is 9.70. The highest BCUT2D eigenvalue weighted by molar-refractivity contribution is 9.09. The topological polar surface area (TPSA) is 96.4 Å². The van der Waals surface area contributed by atoms with Gasteiger partial charge in [0, 0.05) is 11.4 Å². The van der Waals surface area contributed by atoms with Crippen molar-refractivity contribution in [2.45, 2.75) is 54.8 Å². The molecule has 3 aliphatic heterocycles. The minimum atomic E-state index is -1.27. The smallest absolute Gasteiger partial charge is 0.312 e. The molecule has 37 heavy (non-hydrogen) atoms. The number of carbonyl (C=O) groups excluding carboxylic acids is 3. The zero-order chi connectivity index (χ0) is 26.9. The number of halogens is 2. The Morgan fingerprint density at radius 3 is 2.73 bits per heavy atom. The van der Waals surface area contributed by atoms with Crippen LogP contribution >= 0.6 is 27.5 Å². The molecule has 0 aliphatic carbocycles. The lowest BCUT2D eigenvalue weighted by Gasteiger charge is -2.39. The van der Waals surface area contributed by atoms with Crippen molar-refractivity contribution in [3.63, 3.8) is 0 Å². The summed E-state index contributed by atoms with van der Waals surface area (Å²) in [5.41, 5.74) is -0.792. The molecule has 4 rings (SSSR count). The summed E-state index contributed by atoms with van der Waals surface area (Å²) < 4.78 is 12.0. The first-order valence-corrected chi connectivity index (χ1v) is 13.8. The van der Waals surface area contributed by atoms with E-state index in [9.17, 15) is 19.5 Å². The van der Waals surface area contributed by atoms with Crippen LogP contribution in [0.25, 0.3) is 0 Å². The third-order valence-corrected chi connectivity index (χ3v) is 8.76. The number of amides is 2. The van der Waals surface area contributed by atoms with Crippen molar-refractivity contribution in [3.05, 3.63) is 54.6 Å². The van der Waals surface area contributed by atoms with Gasteiger partial charge in [0.2, 0.25) is 5.91 Å². The molecule has 1 aromatic rings. The van der Waals surface area contributed by atoms with Crippen molar-refractivity contribution in [1.82, 2.24) is 4.90 Å². The molecule has 0 radical (unpaired) electrons. The highest BCUT2D eigenvalue weighted by Crippen LogP contribution is 2.61. The van der Waals surface area contributed by atoms with E-state index >= 15 is 0 Å². The number of ether oxygens (including phenoxy) is 2. The van der Waals surface area contributed by atoms with Gasteiger partial charge in [-0.05, 0) is 31.4 Å². The van der Waals surface area contributed by atoms with E-state index in [-0.39, 0.29) is 30.5 Å². The van der Waals surface area contributed by atoms with E-state index in [1.165, 1.54) is 9.80 Å². The Morgan fingerprint density at radius 1 is 1.38 bits per heavy atom. The number of para-hydroxylation sites is 1. The average Bonchev–Trinajstić information content (AvgIpc) is 3.47. The summed E-state index contributed by atoms with van der Waals surface area (Å²) in [6.07, 6.45) is 3.86. The van der Waals surface area contributed by atoms with Crippen LogP contribution in [0.4, 0.5) is 5.69 Å². The van der Waals surface area contributed by atoms with Gasteiger partial charge in [0.25, 0.3) is 5.91 Å². The normalized spacial score (nSPS) is 30.6. The van der Waals surface area contributed by atoms with Gasteiger partial charge < -0.3 is 24.4 Å². The van der Waals surface area contributed by atoms with Gasteiger partial charge in [-0.15, -0.1) is 13.2 Å². The van der Waals surface area contributed by atoms with Crippen LogP contribution in [0.5, 0.6) is 0 Å². The predicted molar refractivity (Wildman–Crippen MR) is 143 cm³/mol. The van der Waals surface area contributed by atoms with Crippen LogP contribution in [0.2, 0.25) is 5.02 Å². The molecule has 3 unspecified atom stereocenters. The van der Waals surface area contributed by atoms with Crippen LogP contribution in [-0.4, -0.2) is 76.2 Å². The molecule has 2 bridgehead atoms. The minimum absolute atomic E-state index is 0.145. The summed E-state index contributed by atoms with van der Waals surface area (Å²) in [4.78, 5) is 44.4. The molecule has 3 heterocycles. The summed E-state index contributed by atoms with van der Waals surface area (Å²) in [6.45, 7) is 9.23. The van der Waals surface area contributed by atoms with Crippen LogP contribution in [-0.2, 0) is 23.9 Å². The maximum Gasteiger partial charge on any atom is 0.312 e. The number of benzene rings is 1. The summed E-state index contributed by atoms with van der Waals surface area (Å²) in [6, 6.07) is 5.24. The third-order valence-electron chi connectivity index (χ3n) is 7.60. The fraction of sp³-hybridized carbons (Fsp3) is 0.519. The van der Waals surface area contributed by atoms with Gasteiger partial charge in [0.05, 0.1) is 47.9 Å². The van der Waals surface area contributed by atoms with Crippen LogP contribution in [0.15, 0.2) is 49.6 Å². The number of alkyl halides is 1. The van der Waals surface area contributed by atoms with E-state index in [1.807, 2.05) is 6.92 Å². The quantitative estimate of drug-likeness (QED) is 0.182. The van der Waals surface area contributed by atoms with Crippen LogP contribution < -0.4 is 4.90 Å². The molecule has 1 spiro atoms.